The predicted octanol–water partition coefficient (Wildman–Crippen LogP) is 3.35. The summed E-state index contributed by atoms with van der Waals surface area (Å²) in [5.41, 5.74) is 2.08. The normalized spacial score (nSPS) is 12.7. The third kappa shape index (κ3) is 2.77. The van der Waals surface area contributed by atoms with Crippen LogP contribution in [0.4, 0.5) is 5.69 Å². The van der Waals surface area contributed by atoms with E-state index in [0.29, 0.717) is 33.4 Å². The summed E-state index contributed by atoms with van der Waals surface area (Å²) in [4.78, 5) is 15.9. The summed E-state index contributed by atoms with van der Waals surface area (Å²) in [7, 11) is 0. The van der Waals surface area contributed by atoms with Gasteiger partial charge in [-0.2, -0.15) is 0 Å². The van der Waals surface area contributed by atoms with Gasteiger partial charge in [0.15, 0.2) is 5.43 Å². The van der Waals surface area contributed by atoms with E-state index in [1.54, 1.807) is 30.3 Å². The molecule has 6 heteroatoms. The highest BCUT2D eigenvalue weighted by Gasteiger charge is 2.10. The van der Waals surface area contributed by atoms with E-state index >= 15 is 0 Å². The molecule has 0 bridgehead atoms. The Balaban J connectivity index is 2.18. The molecule has 0 amide bonds. The third-order valence-electron chi connectivity index (χ3n) is 3.50. The molecule has 3 N–H and O–H groups in total. The molecule has 1 unspecified atom stereocenters. The van der Waals surface area contributed by atoms with Gasteiger partial charge in [0, 0.05) is 27.9 Å². The summed E-state index contributed by atoms with van der Waals surface area (Å²) >= 11 is 11.6. The van der Waals surface area contributed by atoms with Crippen molar-refractivity contribution >= 4 is 50.7 Å². The molecule has 1 atom stereocenters. The van der Waals surface area contributed by atoms with E-state index in [9.17, 15) is 9.90 Å². The van der Waals surface area contributed by atoms with E-state index < -0.39 is 6.10 Å². The van der Waals surface area contributed by atoms with Crippen molar-refractivity contribution in [3.63, 3.8) is 0 Å². The number of aliphatic hydroxyl groups excluding tert-OH is 1. The molecular weight excluding hydrogens is 323 g/mol. The number of hydrogen-bond acceptors (Lipinski definition) is 3. The molecule has 3 aromatic rings. The molecule has 0 aliphatic heterocycles. The number of para-hydroxylation sites is 1. The van der Waals surface area contributed by atoms with Crippen LogP contribution in [0.3, 0.4) is 0 Å². The zero-order valence-electron chi connectivity index (χ0n) is 11.6. The summed E-state index contributed by atoms with van der Waals surface area (Å²) in [6, 6.07) is 10.6. The predicted molar refractivity (Wildman–Crippen MR) is 92.3 cm³/mol. The Morgan fingerprint density at radius 3 is 2.82 bits per heavy atom. The van der Waals surface area contributed by atoms with Crippen molar-refractivity contribution in [2.24, 2.45) is 0 Å². The summed E-state index contributed by atoms with van der Waals surface area (Å²) in [5, 5.41) is 14.3. The molecule has 0 saturated carbocycles. The Hall–Kier alpha value is -1.75. The van der Waals surface area contributed by atoms with Gasteiger partial charge in [-0.25, -0.2) is 0 Å². The Bertz CT molecular complexity index is 892. The number of alkyl halides is 1. The van der Waals surface area contributed by atoms with Crippen LogP contribution in [0.2, 0.25) is 5.02 Å². The maximum absolute atomic E-state index is 12.6. The summed E-state index contributed by atoms with van der Waals surface area (Å²) in [6.07, 6.45) is -0.650. The number of aliphatic hydroxyl groups is 1. The number of fused-ring (bicyclic) bond motifs is 2. The first-order chi connectivity index (χ1) is 10.6. The van der Waals surface area contributed by atoms with Crippen LogP contribution in [0.25, 0.3) is 21.8 Å². The van der Waals surface area contributed by atoms with Gasteiger partial charge in [-0.05, 0) is 30.3 Å². The minimum atomic E-state index is -0.650. The van der Waals surface area contributed by atoms with Gasteiger partial charge in [0.25, 0.3) is 0 Å². The number of aromatic amines is 1. The molecule has 114 valence electrons. The van der Waals surface area contributed by atoms with E-state index in [4.69, 9.17) is 23.2 Å². The molecule has 0 fully saturated rings. The Morgan fingerprint density at radius 2 is 2.05 bits per heavy atom. The maximum atomic E-state index is 12.6. The monoisotopic (exact) mass is 336 g/mol. The lowest BCUT2D eigenvalue weighted by Gasteiger charge is -2.13. The quantitative estimate of drug-likeness (QED) is 0.505. The SMILES string of the molecule is O=c1c2cc(Cl)ccc2[nH]c2c(NCC(O)CCl)cccc12. The molecule has 4 nitrogen and oxygen atoms in total. The number of benzene rings is 2. The first kappa shape index (κ1) is 15.2. The van der Waals surface area contributed by atoms with E-state index in [1.165, 1.54) is 0 Å². The lowest BCUT2D eigenvalue weighted by molar-refractivity contribution is 0.211. The van der Waals surface area contributed by atoms with Gasteiger partial charge in [0.2, 0.25) is 0 Å². The summed E-state index contributed by atoms with van der Waals surface area (Å²) in [6.45, 7) is 0.309. The molecule has 0 aliphatic carbocycles. The number of H-pyrrole nitrogens is 1. The Labute approximate surface area is 136 Å². The number of anilines is 1. The van der Waals surface area contributed by atoms with Gasteiger partial charge in [0.1, 0.15) is 0 Å². The molecule has 0 aliphatic rings. The highest BCUT2D eigenvalue weighted by Crippen LogP contribution is 2.23. The van der Waals surface area contributed by atoms with Crippen LogP contribution in [0.1, 0.15) is 0 Å². The standard InChI is InChI=1S/C16H14Cl2N2O2/c17-7-10(21)8-19-14-3-1-2-11-15(14)20-13-5-4-9(18)6-12(13)16(11)22/h1-6,10,19,21H,7-8H2,(H,20,22). The third-order valence-corrected chi connectivity index (χ3v) is 4.09. The molecular formula is C16H14Cl2N2O2. The van der Waals surface area contributed by atoms with Crippen molar-refractivity contribution in [2.45, 2.75) is 6.10 Å². The fourth-order valence-corrected chi connectivity index (χ4v) is 2.68. The lowest BCUT2D eigenvalue weighted by Crippen LogP contribution is -2.21. The maximum Gasteiger partial charge on any atom is 0.197 e. The van der Waals surface area contributed by atoms with Crippen molar-refractivity contribution in [2.75, 3.05) is 17.7 Å². The zero-order valence-corrected chi connectivity index (χ0v) is 13.1. The zero-order chi connectivity index (χ0) is 15.7. The first-order valence-corrected chi connectivity index (χ1v) is 7.73. The summed E-state index contributed by atoms with van der Waals surface area (Å²) in [5.74, 6) is 0.149. The highest BCUT2D eigenvalue weighted by atomic mass is 35.5. The molecule has 0 saturated heterocycles. The Kier molecular flexibility index (Phi) is 4.25. The first-order valence-electron chi connectivity index (χ1n) is 6.82. The molecule has 2 aromatic carbocycles. The number of rotatable bonds is 4. The van der Waals surface area contributed by atoms with E-state index in [1.807, 2.05) is 6.07 Å². The van der Waals surface area contributed by atoms with E-state index in [0.717, 1.165) is 5.69 Å². The number of halogens is 2. The Morgan fingerprint density at radius 1 is 1.23 bits per heavy atom. The van der Waals surface area contributed by atoms with Crippen molar-refractivity contribution in [3.05, 3.63) is 51.6 Å². The van der Waals surface area contributed by atoms with Crippen LogP contribution >= 0.6 is 23.2 Å². The van der Waals surface area contributed by atoms with Crippen molar-refractivity contribution < 1.29 is 5.11 Å². The molecule has 22 heavy (non-hydrogen) atoms. The van der Waals surface area contributed by atoms with Gasteiger partial charge in [-0.1, -0.05) is 17.7 Å². The smallest absolute Gasteiger partial charge is 0.197 e. The van der Waals surface area contributed by atoms with Crippen LogP contribution in [0.15, 0.2) is 41.2 Å². The molecule has 0 radical (unpaired) electrons. The second-order valence-electron chi connectivity index (χ2n) is 5.06. The number of aromatic nitrogens is 1. The second kappa shape index (κ2) is 6.16. The van der Waals surface area contributed by atoms with E-state index in [-0.39, 0.29) is 11.3 Å². The average molecular weight is 337 g/mol. The van der Waals surface area contributed by atoms with Crippen molar-refractivity contribution in [1.82, 2.24) is 4.98 Å². The van der Waals surface area contributed by atoms with Crippen LogP contribution < -0.4 is 10.7 Å². The second-order valence-corrected chi connectivity index (χ2v) is 5.81. The topological polar surface area (TPSA) is 65.1 Å². The van der Waals surface area contributed by atoms with Crippen LogP contribution in [-0.2, 0) is 0 Å². The fourth-order valence-electron chi connectivity index (χ4n) is 2.40. The largest absolute Gasteiger partial charge is 0.390 e. The van der Waals surface area contributed by atoms with E-state index in [2.05, 4.69) is 10.3 Å². The van der Waals surface area contributed by atoms with Crippen molar-refractivity contribution in [3.8, 4) is 0 Å². The minimum absolute atomic E-state index is 0.0761. The number of pyridine rings is 1. The lowest BCUT2D eigenvalue weighted by atomic mass is 10.1. The van der Waals surface area contributed by atoms with Crippen LogP contribution in [-0.4, -0.2) is 28.6 Å². The molecule has 1 aromatic heterocycles. The van der Waals surface area contributed by atoms with Gasteiger partial charge in [-0.15, -0.1) is 11.6 Å². The fraction of sp³-hybridized carbons (Fsp3) is 0.188. The van der Waals surface area contributed by atoms with Crippen LogP contribution in [0, 0.1) is 0 Å². The highest BCUT2D eigenvalue weighted by molar-refractivity contribution is 6.31. The van der Waals surface area contributed by atoms with Gasteiger partial charge in [-0.3, -0.25) is 4.79 Å². The average Bonchev–Trinajstić information content (AvgIpc) is 2.53. The number of nitrogens with one attached hydrogen (secondary N) is 2. The molecule has 1 heterocycles. The molecule has 0 spiro atoms. The summed E-state index contributed by atoms with van der Waals surface area (Å²) < 4.78 is 0. The molecule has 3 rings (SSSR count). The van der Waals surface area contributed by atoms with Crippen LogP contribution in [0.5, 0.6) is 0 Å². The van der Waals surface area contributed by atoms with Crippen molar-refractivity contribution in [1.29, 1.82) is 0 Å². The minimum Gasteiger partial charge on any atom is -0.390 e. The van der Waals surface area contributed by atoms with Gasteiger partial charge < -0.3 is 15.4 Å². The number of hydrogen-bond donors (Lipinski definition) is 3. The van der Waals surface area contributed by atoms with Gasteiger partial charge in [0.05, 0.1) is 23.2 Å². The van der Waals surface area contributed by atoms with Gasteiger partial charge >= 0.3 is 0 Å².